The highest BCUT2D eigenvalue weighted by atomic mass is 32.2. The molecule has 0 fully saturated rings. The van der Waals surface area contributed by atoms with E-state index in [1.54, 1.807) is 49.6 Å². The molecule has 0 aliphatic carbocycles. The van der Waals surface area contributed by atoms with E-state index in [9.17, 15) is 17.6 Å². The molecule has 0 heterocycles. The zero-order valence-electron chi connectivity index (χ0n) is 19.7. The lowest BCUT2D eigenvalue weighted by atomic mass is 10.0. The second kappa shape index (κ2) is 10.7. The highest BCUT2D eigenvalue weighted by molar-refractivity contribution is 7.92. The van der Waals surface area contributed by atoms with Crippen LogP contribution in [0.2, 0.25) is 0 Å². The number of aryl methyl sites for hydroxylation is 1. The summed E-state index contributed by atoms with van der Waals surface area (Å²) in [6.45, 7) is 3.79. The van der Waals surface area contributed by atoms with E-state index in [0.717, 1.165) is 27.4 Å². The van der Waals surface area contributed by atoms with Gasteiger partial charge in [-0.15, -0.1) is 0 Å². The van der Waals surface area contributed by atoms with Gasteiger partial charge < -0.3 is 10.1 Å². The van der Waals surface area contributed by atoms with E-state index in [4.69, 9.17) is 4.74 Å². The van der Waals surface area contributed by atoms with Crippen molar-refractivity contribution in [3.05, 3.63) is 94.8 Å². The number of nitrogens with one attached hydrogen (secondary N) is 1. The van der Waals surface area contributed by atoms with Gasteiger partial charge in [0.2, 0.25) is 10.0 Å². The number of methoxy groups -OCH3 is 1. The molecule has 0 aliphatic heterocycles. The molecule has 1 atom stereocenters. The van der Waals surface area contributed by atoms with Crippen molar-refractivity contribution in [1.82, 2.24) is 5.32 Å². The quantitative estimate of drug-likeness (QED) is 0.464. The average Bonchev–Trinajstić information content (AvgIpc) is 2.81. The third-order valence-electron chi connectivity index (χ3n) is 5.62. The number of ether oxygens (including phenoxy) is 1. The number of hydrogen-bond donors (Lipinski definition) is 1. The van der Waals surface area contributed by atoms with E-state index in [1.165, 1.54) is 6.07 Å². The molecule has 0 spiro atoms. The summed E-state index contributed by atoms with van der Waals surface area (Å²) in [6, 6.07) is 17.9. The molecule has 34 heavy (non-hydrogen) atoms. The van der Waals surface area contributed by atoms with Gasteiger partial charge in [0, 0.05) is 11.1 Å². The molecule has 3 aromatic rings. The van der Waals surface area contributed by atoms with Gasteiger partial charge in [0.1, 0.15) is 11.6 Å². The van der Waals surface area contributed by atoms with Crippen LogP contribution in [-0.4, -0.2) is 27.7 Å². The lowest BCUT2D eigenvalue weighted by Gasteiger charge is -2.23. The molecular weight excluding hydrogens is 455 g/mol. The second-order valence-electron chi connectivity index (χ2n) is 8.07. The summed E-state index contributed by atoms with van der Waals surface area (Å²) in [4.78, 5) is 12.9. The molecule has 1 amide bonds. The van der Waals surface area contributed by atoms with Crippen molar-refractivity contribution in [1.29, 1.82) is 0 Å². The summed E-state index contributed by atoms with van der Waals surface area (Å²) in [6.07, 6.45) is 1.76. The minimum Gasteiger partial charge on any atom is -0.496 e. The molecule has 0 radical (unpaired) electrons. The van der Waals surface area contributed by atoms with Crippen molar-refractivity contribution < 1.29 is 22.3 Å². The Hall–Kier alpha value is -3.39. The standard InChI is InChI=1S/C26H29FN2O4S/c1-5-24(20-12-15-25(33-3)18(2)16-20)28-26(30)19-10-13-22(14-11-19)29(34(4,31)32)17-21-8-6-7-9-23(21)27/h6-16,24H,5,17H2,1-4H3,(H,28,30)/t24-/m0/s1. The van der Waals surface area contributed by atoms with E-state index in [1.807, 2.05) is 32.0 Å². The van der Waals surface area contributed by atoms with Crippen molar-refractivity contribution in [2.75, 3.05) is 17.7 Å². The van der Waals surface area contributed by atoms with E-state index in [-0.39, 0.29) is 24.1 Å². The zero-order chi connectivity index (χ0) is 24.9. The van der Waals surface area contributed by atoms with Gasteiger partial charge in [-0.3, -0.25) is 9.10 Å². The normalized spacial score (nSPS) is 12.1. The summed E-state index contributed by atoms with van der Waals surface area (Å²) >= 11 is 0. The fourth-order valence-corrected chi connectivity index (χ4v) is 4.62. The minimum absolute atomic E-state index is 0.147. The molecule has 0 unspecified atom stereocenters. The molecule has 0 saturated heterocycles. The smallest absolute Gasteiger partial charge is 0.251 e. The SMILES string of the molecule is CC[C@H](NC(=O)c1ccc(N(Cc2ccccc2F)S(C)(=O)=O)cc1)c1ccc(OC)c(C)c1. The maximum absolute atomic E-state index is 14.1. The van der Waals surface area contributed by atoms with Gasteiger partial charge in [0.25, 0.3) is 5.91 Å². The molecule has 3 rings (SSSR count). The third-order valence-corrected chi connectivity index (χ3v) is 6.77. The van der Waals surface area contributed by atoms with Crippen LogP contribution >= 0.6 is 0 Å². The molecule has 3 aromatic carbocycles. The van der Waals surface area contributed by atoms with Crippen LogP contribution in [0, 0.1) is 12.7 Å². The molecule has 6 nitrogen and oxygen atoms in total. The first-order valence-electron chi connectivity index (χ1n) is 10.9. The van der Waals surface area contributed by atoms with Gasteiger partial charge in [-0.1, -0.05) is 37.3 Å². The molecule has 180 valence electrons. The lowest BCUT2D eigenvalue weighted by Crippen LogP contribution is -2.30. The number of rotatable bonds is 9. The van der Waals surface area contributed by atoms with Crippen LogP contribution < -0.4 is 14.4 Å². The Morgan fingerprint density at radius 3 is 2.32 bits per heavy atom. The fourth-order valence-electron chi connectivity index (χ4n) is 3.74. The maximum atomic E-state index is 14.1. The van der Waals surface area contributed by atoms with Crippen molar-refractivity contribution >= 4 is 21.6 Å². The number of nitrogens with zero attached hydrogens (tertiary/aromatic N) is 1. The summed E-state index contributed by atoms with van der Waals surface area (Å²) in [7, 11) is -2.06. The monoisotopic (exact) mass is 484 g/mol. The van der Waals surface area contributed by atoms with E-state index < -0.39 is 15.8 Å². The predicted molar refractivity (Wildman–Crippen MR) is 132 cm³/mol. The maximum Gasteiger partial charge on any atom is 0.251 e. The Balaban J connectivity index is 1.79. The Labute approximate surface area is 200 Å². The predicted octanol–water partition coefficient (Wildman–Crippen LogP) is 4.99. The Bertz CT molecular complexity index is 1260. The van der Waals surface area contributed by atoms with Gasteiger partial charge in [0.15, 0.2) is 0 Å². The van der Waals surface area contributed by atoms with Crippen molar-refractivity contribution in [2.24, 2.45) is 0 Å². The number of benzene rings is 3. The number of carbonyl (C=O) groups excluding carboxylic acids is 1. The van der Waals surface area contributed by atoms with E-state index in [0.29, 0.717) is 17.7 Å². The first-order valence-corrected chi connectivity index (χ1v) is 12.8. The van der Waals surface area contributed by atoms with Crippen LogP contribution in [-0.2, 0) is 16.6 Å². The fraction of sp³-hybridized carbons (Fsp3) is 0.269. The topological polar surface area (TPSA) is 75.7 Å². The van der Waals surface area contributed by atoms with E-state index in [2.05, 4.69) is 5.32 Å². The van der Waals surface area contributed by atoms with Crippen LogP contribution in [0.3, 0.4) is 0 Å². The number of hydrogen-bond acceptors (Lipinski definition) is 4. The van der Waals surface area contributed by atoms with Crippen LogP contribution in [0.15, 0.2) is 66.7 Å². The number of anilines is 1. The van der Waals surface area contributed by atoms with Gasteiger partial charge in [-0.2, -0.15) is 0 Å². The molecule has 0 bridgehead atoms. The first kappa shape index (κ1) is 25.2. The largest absolute Gasteiger partial charge is 0.496 e. The average molecular weight is 485 g/mol. The molecule has 1 N–H and O–H groups in total. The van der Waals surface area contributed by atoms with Crippen LogP contribution in [0.1, 0.15) is 46.4 Å². The van der Waals surface area contributed by atoms with Crippen LogP contribution in [0.5, 0.6) is 5.75 Å². The van der Waals surface area contributed by atoms with Gasteiger partial charge in [0.05, 0.1) is 31.6 Å². The Morgan fingerprint density at radius 1 is 1.09 bits per heavy atom. The lowest BCUT2D eigenvalue weighted by molar-refractivity contribution is 0.0935. The van der Waals surface area contributed by atoms with E-state index >= 15 is 0 Å². The molecule has 0 saturated carbocycles. The van der Waals surface area contributed by atoms with Gasteiger partial charge >= 0.3 is 0 Å². The van der Waals surface area contributed by atoms with Crippen LogP contribution in [0.4, 0.5) is 10.1 Å². The Morgan fingerprint density at radius 2 is 1.76 bits per heavy atom. The summed E-state index contributed by atoms with van der Waals surface area (Å²) in [5, 5.41) is 3.03. The molecular formula is C26H29FN2O4S. The number of halogens is 1. The third kappa shape index (κ3) is 5.94. The molecule has 0 aliphatic rings. The Kier molecular flexibility index (Phi) is 7.94. The highest BCUT2D eigenvalue weighted by Crippen LogP contribution is 2.26. The summed E-state index contributed by atoms with van der Waals surface area (Å²) in [5.74, 6) is 0.0322. The molecule has 8 heteroatoms. The number of amides is 1. The zero-order valence-corrected chi connectivity index (χ0v) is 20.5. The van der Waals surface area contributed by atoms with Crippen LogP contribution in [0.25, 0.3) is 0 Å². The minimum atomic E-state index is -3.68. The van der Waals surface area contributed by atoms with Crippen molar-refractivity contribution in [2.45, 2.75) is 32.9 Å². The van der Waals surface area contributed by atoms with Gasteiger partial charge in [-0.05, 0) is 60.9 Å². The van der Waals surface area contributed by atoms with Crippen molar-refractivity contribution in [3.8, 4) is 5.75 Å². The highest BCUT2D eigenvalue weighted by Gasteiger charge is 2.21. The number of sulfonamides is 1. The number of carbonyl (C=O) groups is 1. The van der Waals surface area contributed by atoms with Gasteiger partial charge in [-0.25, -0.2) is 12.8 Å². The summed E-state index contributed by atoms with van der Waals surface area (Å²) < 4.78 is 45.3. The summed E-state index contributed by atoms with van der Waals surface area (Å²) in [5.41, 5.74) is 2.95. The molecule has 0 aromatic heterocycles. The first-order chi connectivity index (χ1) is 16.1. The second-order valence-corrected chi connectivity index (χ2v) is 9.98. The van der Waals surface area contributed by atoms with Crippen molar-refractivity contribution in [3.63, 3.8) is 0 Å².